The number of nitrogens with zero attached hydrogens (tertiary/aromatic N) is 2. The second-order valence-corrected chi connectivity index (χ2v) is 4.04. The van der Waals surface area contributed by atoms with Gasteiger partial charge in [0.15, 0.2) is 0 Å². The van der Waals surface area contributed by atoms with Crippen LogP contribution in [0, 0.1) is 0 Å². The third-order valence-corrected chi connectivity index (χ3v) is 3.20. The van der Waals surface area contributed by atoms with E-state index < -0.39 is 0 Å². The van der Waals surface area contributed by atoms with Gasteiger partial charge < -0.3 is 4.90 Å². The summed E-state index contributed by atoms with van der Waals surface area (Å²) in [6, 6.07) is 0. The molecule has 0 bridgehead atoms. The fourth-order valence-corrected chi connectivity index (χ4v) is 2.32. The summed E-state index contributed by atoms with van der Waals surface area (Å²) in [7, 11) is 2.24. The largest absolute Gasteiger partial charge is 0.303 e. The van der Waals surface area contributed by atoms with Gasteiger partial charge in [-0.25, -0.2) is 0 Å². The molecule has 78 valence electrons. The zero-order chi connectivity index (χ0) is 9.90. The van der Waals surface area contributed by atoms with E-state index in [4.69, 9.17) is 0 Å². The van der Waals surface area contributed by atoms with E-state index in [0.717, 1.165) is 0 Å². The Morgan fingerprint density at radius 3 is 2.23 bits per heavy atom. The van der Waals surface area contributed by atoms with E-state index in [0.29, 0.717) is 5.54 Å². The normalized spacial score (nSPS) is 26.8. The molecule has 2 nitrogen and oxygen atoms in total. The van der Waals surface area contributed by atoms with E-state index >= 15 is 0 Å². The standard InChI is InChI=1S/C9H18N2.C2H6/c1-3-11-7-6-10(2)8-9(11)4-5-9;1-2/h3-8H2,1-2H3;1-2H3. The molecule has 0 N–H and O–H groups in total. The number of likely N-dealkylation sites (N-methyl/N-ethyl adjacent to an activating group) is 2. The molecule has 2 heteroatoms. The van der Waals surface area contributed by atoms with Crippen LogP contribution < -0.4 is 0 Å². The Hall–Kier alpha value is -0.0800. The first-order chi connectivity index (χ1) is 6.27. The maximum atomic E-state index is 2.66. The van der Waals surface area contributed by atoms with Crippen molar-refractivity contribution >= 4 is 0 Å². The van der Waals surface area contributed by atoms with Gasteiger partial charge in [-0.2, -0.15) is 0 Å². The molecule has 2 rings (SSSR count). The van der Waals surface area contributed by atoms with E-state index in [1.807, 2.05) is 13.8 Å². The maximum Gasteiger partial charge on any atom is 0.0338 e. The lowest BCUT2D eigenvalue weighted by Gasteiger charge is -2.40. The fourth-order valence-electron chi connectivity index (χ4n) is 2.32. The molecule has 0 aromatic carbocycles. The van der Waals surface area contributed by atoms with E-state index in [2.05, 4.69) is 23.8 Å². The summed E-state index contributed by atoms with van der Waals surface area (Å²) in [5.74, 6) is 0. The summed E-state index contributed by atoms with van der Waals surface area (Å²) in [6.45, 7) is 11.4. The van der Waals surface area contributed by atoms with Gasteiger partial charge in [0.2, 0.25) is 0 Å². The predicted octanol–water partition coefficient (Wildman–Crippen LogP) is 1.81. The van der Waals surface area contributed by atoms with Gasteiger partial charge in [0.1, 0.15) is 0 Å². The highest BCUT2D eigenvalue weighted by atomic mass is 15.3. The lowest BCUT2D eigenvalue weighted by molar-refractivity contribution is 0.0790. The van der Waals surface area contributed by atoms with Crippen molar-refractivity contribution in [2.75, 3.05) is 33.2 Å². The van der Waals surface area contributed by atoms with Crippen LogP contribution in [0.5, 0.6) is 0 Å². The van der Waals surface area contributed by atoms with Crippen LogP contribution in [0.25, 0.3) is 0 Å². The summed E-state index contributed by atoms with van der Waals surface area (Å²) in [5, 5.41) is 0. The SMILES string of the molecule is CC.CCN1CCN(C)CC12CC2. The van der Waals surface area contributed by atoms with Crippen LogP contribution in [-0.2, 0) is 0 Å². The van der Waals surface area contributed by atoms with Crippen molar-refractivity contribution in [1.82, 2.24) is 9.80 Å². The molecule has 1 saturated heterocycles. The van der Waals surface area contributed by atoms with Gasteiger partial charge in [-0.1, -0.05) is 20.8 Å². The molecule has 2 aliphatic rings. The number of piperazine rings is 1. The zero-order valence-electron chi connectivity index (χ0n) is 9.64. The van der Waals surface area contributed by atoms with Crippen molar-refractivity contribution in [2.24, 2.45) is 0 Å². The van der Waals surface area contributed by atoms with Crippen LogP contribution in [0.4, 0.5) is 0 Å². The van der Waals surface area contributed by atoms with Gasteiger partial charge >= 0.3 is 0 Å². The molecule has 0 aromatic rings. The molecule has 0 radical (unpaired) electrons. The Labute approximate surface area is 82.9 Å². The van der Waals surface area contributed by atoms with Gasteiger partial charge in [-0.05, 0) is 26.4 Å². The molecule has 2 fully saturated rings. The third-order valence-electron chi connectivity index (χ3n) is 3.20. The summed E-state index contributed by atoms with van der Waals surface area (Å²) in [6.07, 6.45) is 2.87. The van der Waals surface area contributed by atoms with Crippen LogP contribution >= 0.6 is 0 Å². The topological polar surface area (TPSA) is 6.48 Å². The molecule has 0 aromatic heterocycles. The Bertz CT molecular complexity index is 152. The fraction of sp³-hybridized carbons (Fsp3) is 1.00. The monoisotopic (exact) mass is 184 g/mol. The first-order valence-electron chi connectivity index (χ1n) is 5.70. The molecular formula is C11H24N2. The highest BCUT2D eigenvalue weighted by Gasteiger charge is 2.49. The van der Waals surface area contributed by atoms with Gasteiger partial charge in [-0.15, -0.1) is 0 Å². The predicted molar refractivity (Wildman–Crippen MR) is 58.1 cm³/mol. The summed E-state index contributed by atoms with van der Waals surface area (Å²) < 4.78 is 0. The van der Waals surface area contributed by atoms with Crippen molar-refractivity contribution in [3.8, 4) is 0 Å². The molecule has 0 amide bonds. The van der Waals surface area contributed by atoms with E-state index in [9.17, 15) is 0 Å². The van der Waals surface area contributed by atoms with E-state index in [1.165, 1.54) is 39.0 Å². The Morgan fingerprint density at radius 2 is 1.77 bits per heavy atom. The highest BCUT2D eigenvalue weighted by Crippen LogP contribution is 2.43. The maximum absolute atomic E-state index is 2.66. The Balaban J connectivity index is 0.000000396. The van der Waals surface area contributed by atoms with E-state index in [-0.39, 0.29) is 0 Å². The molecule has 1 aliphatic heterocycles. The Kier molecular flexibility index (Phi) is 3.74. The van der Waals surface area contributed by atoms with Crippen LogP contribution in [0.15, 0.2) is 0 Å². The Morgan fingerprint density at radius 1 is 1.15 bits per heavy atom. The van der Waals surface area contributed by atoms with Crippen molar-refractivity contribution < 1.29 is 0 Å². The molecule has 1 aliphatic carbocycles. The zero-order valence-corrected chi connectivity index (χ0v) is 9.64. The summed E-state index contributed by atoms with van der Waals surface area (Å²) in [5.41, 5.74) is 0.627. The minimum atomic E-state index is 0.627. The first-order valence-corrected chi connectivity index (χ1v) is 5.70. The average molecular weight is 184 g/mol. The highest BCUT2D eigenvalue weighted by molar-refractivity contribution is 5.07. The molecule has 0 atom stereocenters. The second-order valence-electron chi connectivity index (χ2n) is 4.04. The molecule has 1 spiro atoms. The average Bonchev–Trinajstić information content (AvgIpc) is 2.89. The molecule has 1 saturated carbocycles. The summed E-state index contributed by atoms with van der Waals surface area (Å²) in [4.78, 5) is 5.13. The summed E-state index contributed by atoms with van der Waals surface area (Å²) >= 11 is 0. The van der Waals surface area contributed by atoms with Crippen molar-refractivity contribution in [3.05, 3.63) is 0 Å². The minimum Gasteiger partial charge on any atom is -0.303 e. The van der Waals surface area contributed by atoms with Gasteiger partial charge in [0, 0.05) is 25.2 Å². The van der Waals surface area contributed by atoms with Crippen LogP contribution in [0.2, 0.25) is 0 Å². The van der Waals surface area contributed by atoms with E-state index in [1.54, 1.807) is 0 Å². The number of rotatable bonds is 1. The molecule has 0 unspecified atom stereocenters. The lowest BCUT2D eigenvalue weighted by atomic mass is 10.1. The van der Waals surface area contributed by atoms with Crippen molar-refractivity contribution in [1.29, 1.82) is 0 Å². The molecule has 1 heterocycles. The quantitative estimate of drug-likeness (QED) is 0.613. The van der Waals surface area contributed by atoms with Crippen LogP contribution in [0.3, 0.4) is 0 Å². The minimum absolute atomic E-state index is 0.627. The van der Waals surface area contributed by atoms with Crippen molar-refractivity contribution in [3.63, 3.8) is 0 Å². The molecular weight excluding hydrogens is 160 g/mol. The third kappa shape index (κ3) is 2.23. The lowest BCUT2D eigenvalue weighted by Crippen LogP contribution is -2.53. The number of hydrogen-bond donors (Lipinski definition) is 0. The number of hydrogen-bond acceptors (Lipinski definition) is 2. The smallest absolute Gasteiger partial charge is 0.0338 e. The van der Waals surface area contributed by atoms with Gasteiger partial charge in [0.05, 0.1) is 0 Å². The van der Waals surface area contributed by atoms with Crippen LogP contribution in [-0.4, -0.2) is 48.6 Å². The van der Waals surface area contributed by atoms with Crippen molar-refractivity contribution in [2.45, 2.75) is 39.2 Å². The van der Waals surface area contributed by atoms with Gasteiger partial charge in [0.25, 0.3) is 0 Å². The first kappa shape index (κ1) is 11.0. The van der Waals surface area contributed by atoms with Gasteiger partial charge in [-0.3, -0.25) is 4.90 Å². The van der Waals surface area contributed by atoms with Crippen LogP contribution in [0.1, 0.15) is 33.6 Å². The second kappa shape index (κ2) is 4.43. The molecule has 13 heavy (non-hydrogen) atoms.